The first-order chi connectivity index (χ1) is 11.3. The minimum atomic E-state index is -0.474. The number of carbonyl (C=O) groups is 1. The van der Waals surface area contributed by atoms with E-state index in [1.807, 2.05) is 39.0 Å². The van der Waals surface area contributed by atoms with Crippen molar-refractivity contribution < 1.29 is 9.53 Å². The van der Waals surface area contributed by atoms with E-state index < -0.39 is 5.60 Å². The molecule has 1 amide bonds. The maximum Gasteiger partial charge on any atom is 0.410 e. The molecule has 0 radical (unpaired) electrons. The van der Waals surface area contributed by atoms with Gasteiger partial charge in [0.15, 0.2) is 0 Å². The molecule has 7 heteroatoms. The number of benzene rings is 1. The number of nitrogens with one attached hydrogen (secondary N) is 1. The van der Waals surface area contributed by atoms with E-state index >= 15 is 0 Å². The number of hydrogen-bond acceptors (Lipinski definition) is 5. The Morgan fingerprint density at radius 3 is 2.92 bits per heavy atom. The van der Waals surface area contributed by atoms with Crippen LogP contribution in [0.5, 0.6) is 0 Å². The quantitative estimate of drug-likeness (QED) is 0.841. The Bertz CT molecular complexity index is 760. The third-order valence-electron chi connectivity index (χ3n) is 3.78. The molecule has 0 bridgehead atoms. The number of carbonyl (C=O) groups excluding carboxylic acids is 1. The van der Waals surface area contributed by atoms with E-state index in [1.54, 1.807) is 11.2 Å². The lowest BCUT2D eigenvalue weighted by atomic mass is 10.2. The van der Waals surface area contributed by atoms with Crippen molar-refractivity contribution in [3.8, 4) is 0 Å². The van der Waals surface area contributed by atoms with Crippen LogP contribution in [0, 0.1) is 0 Å². The predicted molar refractivity (Wildman–Crippen MR) is 97.1 cm³/mol. The summed E-state index contributed by atoms with van der Waals surface area (Å²) in [4.78, 5) is 22.5. The highest BCUT2D eigenvalue weighted by atomic mass is 79.9. The minimum Gasteiger partial charge on any atom is -0.444 e. The Morgan fingerprint density at radius 1 is 1.38 bits per heavy atom. The maximum absolute atomic E-state index is 12.2. The fourth-order valence-electron chi connectivity index (χ4n) is 2.71. The second kappa shape index (κ2) is 6.55. The standard InChI is InChI=1S/C17H21BrN4O2/c1-17(2,3)24-16(23)22-7-6-12(9-22)21-15-13-8-11(18)4-5-14(13)19-10-20-15/h4-5,8,10,12H,6-7,9H2,1-3H3,(H,19,20,21). The van der Waals surface area contributed by atoms with Gasteiger partial charge in [-0.2, -0.15) is 0 Å². The van der Waals surface area contributed by atoms with Crippen molar-refractivity contribution in [2.45, 2.75) is 38.8 Å². The van der Waals surface area contributed by atoms with Gasteiger partial charge in [-0.25, -0.2) is 14.8 Å². The van der Waals surface area contributed by atoms with Crippen LogP contribution >= 0.6 is 15.9 Å². The van der Waals surface area contributed by atoms with E-state index in [4.69, 9.17) is 4.74 Å². The smallest absolute Gasteiger partial charge is 0.410 e. The average molecular weight is 393 g/mol. The van der Waals surface area contributed by atoms with Crippen LogP contribution in [0.3, 0.4) is 0 Å². The van der Waals surface area contributed by atoms with Gasteiger partial charge in [0.05, 0.1) is 5.52 Å². The van der Waals surface area contributed by atoms with Gasteiger partial charge in [0.1, 0.15) is 17.7 Å². The monoisotopic (exact) mass is 392 g/mol. The fourth-order valence-corrected chi connectivity index (χ4v) is 3.07. The molecule has 2 heterocycles. The molecule has 0 saturated carbocycles. The van der Waals surface area contributed by atoms with Crippen LogP contribution in [-0.4, -0.2) is 45.7 Å². The number of rotatable bonds is 2. The van der Waals surface area contributed by atoms with Gasteiger partial charge in [-0.3, -0.25) is 0 Å². The molecule has 6 nitrogen and oxygen atoms in total. The number of anilines is 1. The number of ether oxygens (including phenoxy) is 1. The number of halogens is 1. The molecule has 1 aromatic heterocycles. The molecule has 1 N–H and O–H groups in total. The molecular weight excluding hydrogens is 372 g/mol. The van der Waals surface area contributed by atoms with Crippen molar-refractivity contribution in [2.24, 2.45) is 0 Å². The Labute approximate surface area is 149 Å². The van der Waals surface area contributed by atoms with Crippen LogP contribution in [0.2, 0.25) is 0 Å². The molecule has 0 aliphatic carbocycles. The zero-order chi connectivity index (χ0) is 17.3. The van der Waals surface area contributed by atoms with Crippen LogP contribution in [0.25, 0.3) is 10.9 Å². The zero-order valence-corrected chi connectivity index (χ0v) is 15.6. The highest BCUT2D eigenvalue weighted by Gasteiger charge is 2.30. The normalized spacial score (nSPS) is 18.0. The van der Waals surface area contributed by atoms with Crippen molar-refractivity contribution in [1.82, 2.24) is 14.9 Å². The predicted octanol–water partition coefficient (Wildman–Crippen LogP) is 3.81. The number of hydrogen-bond donors (Lipinski definition) is 1. The molecule has 3 rings (SSSR count). The van der Waals surface area contributed by atoms with Crippen LogP contribution < -0.4 is 5.32 Å². The lowest BCUT2D eigenvalue weighted by Crippen LogP contribution is -2.36. The van der Waals surface area contributed by atoms with E-state index in [1.165, 1.54) is 0 Å². The topological polar surface area (TPSA) is 67.3 Å². The van der Waals surface area contributed by atoms with Gasteiger partial charge in [0.2, 0.25) is 0 Å². The number of fused-ring (bicyclic) bond motifs is 1. The van der Waals surface area contributed by atoms with Crippen LogP contribution in [-0.2, 0) is 4.74 Å². The van der Waals surface area contributed by atoms with Gasteiger partial charge in [-0.1, -0.05) is 15.9 Å². The van der Waals surface area contributed by atoms with Crippen LogP contribution in [0.15, 0.2) is 29.0 Å². The molecule has 1 fully saturated rings. The number of amides is 1. The second-order valence-electron chi connectivity index (χ2n) is 6.94. The fraction of sp³-hybridized carbons (Fsp3) is 0.471. The third-order valence-corrected chi connectivity index (χ3v) is 4.27. The largest absolute Gasteiger partial charge is 0.444 e. The molecule has 0 spiro atoms. The van der Waals surface area contributed by atoms with Gasteiger partial charge in [-0.05, 0) is 45.4 Å². The van der Waals surface area contributed by atoms with Crippen LogP contribution in [0.1, 0.15) is 27.2 Å². The van der Waals surface area contributed by atoms with E-state index in [0.29, 0.717) is 13.1 Å². The first-order valence-electron chi connectivity index (χ1n) is 7.96. The van der Waals surface area contributed by atoms with E-state index in [0.717, 1.165) is 27.6 Å². The molecule has 2 aromatic rings. The van der Waals surface area contributed by atoms with Gasteiger partial charge in [-0.15, -0.1) is 0 Å². The van der Waals surface area contributed by atoms with E-state index in [9.17, 15) is 4.79 Å². The summed E-state index contributed by atoms with van der Waals surface area (Å²) in [6, 6.07) is 6.06. The first-order valence-corrected chi connectivity index (χ1v) is 8.76. The summed E-state index contributed by atoms with van der Waals surface area (Å²) in [6.45, 7) is 6.92. The van der Waals surface area contributed by atoms with Gasteiger partial charge >= 0.3 is 6.09 Å². The molecule has 1 aromatic carbocycles. The molecule has 1 unspecified atom stereocenters. The summed E-state index contributed by atoms with van der Waals surface area (Å²) >= 11 is 3.48. The van der Waals surface area contributed by atoms with E-state index in [-0.39, 0.29) is 12.1 Å². The Hall–Kier alpha value is -1.89. The van der Waals surface area contributed by atoms with Gasteiger partial charge in [0.25, 0.3) is 0 Å². The van der Waals surface area contributed by atoms with E-state index in [2.05, 4.69) is 31.2 Å². The summed E-state index contributed by atoms with van der Waals surface area (Å²) < 4.78 is 6.41. The second-order valence-corrected chi connectivity index (χ2v) is 7.86. The van der Waals surface area contributed by atoms with Crippen molar-refractivity contribution in [3.05, 3.63) is 29.0 Å². The molecule has 1 saturated heterocycles. The Morgan fingerprint density at radius 2 is 2.17 bits per heavy atom. The lowest BCUT2D eigenvalue weighted by Gasteiger charge is -2.24. The third kappa shape index (κ3) is 3.95. The molecule has 1 atom stereocenters. The highest BCUT2D eigenvalue weighted by molar-refractivity contribution is 9.10. The summed E-state index contributed by atoms with van der Waals surface area (Å²) in [5.74, 6) is 0.789. The van der Waals surface area contributed by atoms with Crippen molar-refractivity contribution >= 4 is 38.7 Å². The molecular formula is C17H21BrN4O2. The number of nitrogens with zero attached hydrogens (tertiary/aromatic N) is 3. The summed E-state index contributed by atoms with van der Waals surface area (Å²) in [7, 11) is 0. The molecule has 24 heavy (non-hydrogen) atoms. The van der Waals surface area contributed by atoms with Gasteiger partial charge in [0, 0.05) is 29.0 Å². The molecule has 1 aliphatic heterocycles. The first kappa shape index (κ1) is 17.0. The average Bonchev–Trinajstić information content (AvgIpc) is 2.95. The summed E-state index contributed by atoms with van der Waals surface area (Å²) in [6.07, 6.45) is 2.15. The summed E-state index contributed by atoms with van der Waals surface area (Å²) in [5.41, 5.74) is 0.412. The van der Waals surface area contributed by atoms with Crippen molar-refractivity contribution in [3.63, 3.8) is 0 Å². The lowest BCUT2D eigenvalue weighted by molar-refractivity contribution is 0.0293. The molecule has 128 valence electrons. The highest BCUT2D eigenvalue weighted by Crippen LogP contribution is 2.25. The Balaban J connectivity index is 1.70. The SMILES string of the molecule is CC(C)(C)OC(=O)N1CCC(Nc2ncnc3ccc(Br)cc23)C1. The molecule has 1 aliphatic rings. The summed E-state index contributed by atoms with van der Waals surface area (Å²) in [5, 5.41) is 4.40. The maximum atomic E-state index is 12.2. The van der Waals surface area contributed by atoms with Crippen molar-refractivity contribution in [1.29, 1.82) is 0 Å². The minimum absolute atomic E-state index is 0.148. The zero-order valence-electron chi connectivity index (χ0n) is 14.0. The van der Waals surface area contributed by atoms with Crippen molar-refractivity contribution in [2.75, 3.05) is 18.4 Å². The Kier molecular flexibility index (Phi) is 4.62. The number of aromatic nitrogens is 2. The number of likely N-dealkylation sites (tertiary alicyclic amines) is 1. The van der Waals surface area contributed by atoms with Gasteiger partial charge < -0.3 is 15.0 Å². The van der Waals surface area contributed by atoms with Crippen LogP contribution in [0.4, 0.5) is 10.6 Å².